The number of carbonyl (C=O) groups excluding carboxylic acids is 1. The van der Waals surface area contributed by atoms with Crippen molar-refractivity contribution in [1.82, 2.24) is 9.88 Å². The summed E-state index contributed by atoms with van der Waals surface area (Å²) in [5.74, 6) is -0.505. The van der Waals surface area contributed by atoms with Crippen molar-refractivity contribution < 1.29 is 13.9 Å². The third-order valence-electron chi connectivity index (χ3n) is 4.69. The molecule has 2 aromatic carbocycles. The second-order valence-corrected chi connectivity index (χ2v) is 7.91. The molecule has 0 radical (unpaired) electrons. The molecular formula is C24H22FN3O3S. The van der Waals surface area contributed by atoms with E-state index in [2.05, 4.69) is 5.32 Å². The molecule has 0 fully saturated rings. The molecule has 0 saturated heterocycles. The van der Waals surface area contributed by atoms with Gasteiger partial charge in [-0.2, -0.15) is 5.26 Å². The van der Waals surface area contributed by atoms with Gasteiger partial charge in [-0.15, -0.1) is 11.3 Å². The number of methoxy groups -OCH3 is 1. The van der Waals surface area contributed by atoms with Crippen molar-refractivity contribution in [2.75, 3.05) is 13.7 Å². The van der Waals surface area contributed by atoms with Crippen LogP contribution < -0.4 is 24.8 Å². The predicted molar refractivity (Wildman–Crippen MR) is 123 cm³/mol. The van der Waals surface area contributed by atoms with E-state index in [0.717, 1.165) is 24.2 Å². The summed E-state index contributed by atoms with van der Waals surface area (Å²) in [5.41, 5.74) is 0.467. The lowest BCUT2D eigenvalue weighted by Gasteiger charge is -2.09. The van der Waals surface area contributed by atoms with E-state index in [4.69, 9.17) is 4.74 Å². The van der Waals surface area contributed by atoms with Gasteiger partial charge in [0.15, 0.2) is 5.57 Å². The Morgan fingerprint density at radius 2 is 1.97 bits per heavy atom. The number of aromatic nitrogens is 1. The SMILES string of the molecule is CCCCNC(=O)/C(C#N)=c1\s/c(=C\c2ccc(F)cc2)c(=O)n1-c1ccccc1OC. The minimum atomic E-state index is -0.542. The first-order valence-corrected chi connectivity index (χ1v) is 10.9. The van der Waals surface area contributed by atoms with Gasteiger partial charge in [-0.25, -0.2) is 4.39 Å². The number of rotatable bonds is 7. The lowest BCUT2D eigenvalue weighted by atomic mass is 10.2. The molecule has 32 heavy (non-hydrogen) atoms. The zero-order chi connectivity index (χ0) is 23.1. The van der Waals surface area contributed by atoms with Crippen LogP contribution in [-0.4, -0.2) is 24.1 Å². The number of carbonyl (C=O) groups is 1. The number of thiazole rings is 1. The van der Waals surface area contributed by atoms with Crippen molar-refractivity contribution in [3.8, 4) is 17.5 Å². The van der Waals surface area contributed by atoms with Crippen LogP contribution in [0.15, 0.2) is 53.3 Å². The van der Waals surface area contributed by atoms with E-state index in [-0.39, 0.29) is 16.1 Å². The van der Waals surface area contributed by atoms with E-state index in [1.165, 1.54) is 23.8 Å². The first-order valence-electron chi connectivity index (χ1n) is 10.0. The average Bonchev–Trinajstić information content (AvgIpc) is 3.11. The van der Waals surface area contributed by atoms with E-state index in [9.17, 15) is 19.2 Å². The van der Waals surface area contributed by atoms with E-state index < -0.39 is 11.5 Å². The lowest BCUT2D eigenvalue weighted by molar-refractivity contribution is -0.115. The van der Waals surface area contributed by atoms with Crippen molar-refractivity contribution in [2.24, 2.45) is 0 Å². The van der Waals surface area contributed by atoms with Crippen molar-refractivity contribution in [2.45, 2.75) is 19.8 Å². The zero-order valence-corrected chi connectivity index (χ0v) is 18.5. The number of benzene rings is 2. The van der Waals surface area contributed by atoms with Crippen molar-refractivity contribution in [3.05, 3.63) is 79.5 Å². The maximum Gasteiger partial charge on any atom is 0.273 e. The van der Waals surface area contributed by atoms with Crippen LogP contribution in [0.4, 0.5) is 4.39 Å². The van der Waals surface area contributed by atoms with Gasteiger partial charge in [0.25, 0.3) is 11.5 Å². The molecular weight excluding hydrogens is 429 g/mol. The number of amides is 1. The Morgan fingerprint density at radius 1 is 1.25 bits per heavy atom. The summed E-state index contributed by atoms with van der Waals surface area (Å²) in [6, 6.07) is 14.5. The Kier molecular flexibility index (Phi) is 7.58. The second-order valence-electron chi connectivity index (χ2n) is 6.88. The molecule has 0 unspecified atom stereocenters. The molecule has 1 amide bonds. The summed E-state index contributed by atoms with van der Waals surface area (Å²) < 4.78 is 20.5. The molecule has 1 N–H and O–H groups in total. The number of para-hydroxylation sites is 2. The highest BCUT2D eigenvalue weighted by Gasteiger charge is 2.18. The first-order chi connectivity index (χ1) is 15.5. The van der Waals surface area contributed by atoms with Crippen LogP contribution in [0.3, 0.4) is 0 Å². The van der Waals surface area contributed by atoms with E-state index >= 15 is 0 Å². The van der Waals surface area contributed by atoms with Gasteiger partial charge in [0.2, 0.25) is 0 Å². The summed E-state index contributed by atoms with van der Waals surface area (Å²) in [6.07, 6.45) is 3.27. The molecule has 8 heteroatoms. The smallest absolute Gasteiger partial charge is 0.273 e. The number of ether oxygens (including phenoxy) is 1. The molecule has 0 aliphatic heterocycles. The molecule has 164 valence electrons. The Labute approximate surface area is 188 Å². The third kappa shape index (κ3) is 4.95. The monoisotopic (exact) mass is 451 g/mol. The number of nitrogens with one attached hydrogen (secondary N) is 1. The van der Waals surface area contributed by atoms with Gasteiger partial charge in [-0.1, -0.05) is 37.6 Å². The normalized spacial score (nSPS) is 12.2. The molecule has 3 aromatic rings. The molecule has 6 nitrogen and oxygen atoms in total. The highest BCUT2D eigenvalue weighted by atomic mass is 32.1. The Balaban J connectivity index is 2.32. The fraction of sp³-hybridized carbons (Fsp3) is 0.208. The fourth-order valence-corrected chi connectivity index (χ4v) is 4.15. The number of hydrogen-bond donors (Lipinski definition) is 1. The van der Waals surface area contributed by atoms with Crippen LogP contribution in [0.25, 0.3) is 17.3 Å². The largest absolute Gasteiger partial charge is 0.495 e. The van der Waals surface area contributed by atoms with Gasteiger partial charge < -0.3 is 10.1 Å². The molecule has 0 bridgehead atoms. The van der Waals surface area contributed by atoms with Gasteiger partial charge in [-0.3, -0.25) is 14.2 Å². The van der Waals surface area contributed by atoms with Crippen molar-refractivity contribution in [1.29, 1.82) is 5.26 Å². The third-order valence-corrected chi connectivity index (χ3v) is 5.78. The van der Waals surface area contributed by atoms with Gasteiger partial charge in [0.05, 0.1) is 17.3 Å². The van der Waals surface area contributed by atoms with Crippen LogP contribution in [0.5, 0.6) is 5.75 Å². The molecule has 0 atom stereocenters. The number of nitrogens with zero attached hydrogens (tertiary/aromatic N) is 2. The average molecular weight is 452 g/mol. The summed E-state index contributed by atoms with van der Waals surface area (Å²) in [7, 11) is 1.48. The Bertz CT molecular complexity index is 1330. The number of unbranched alkanes of at least 4 members (excludes halogenated alkanes) is 1. The Morgan fingerprint density at radius 3 is 2.62 bits per heavy atom. The van der Waals surface area contributed by atoms with Crippen molar-refractivity contribution >= 4 is 28.9 Å². The topological polar surface area (TPSA) is 84.1 Å². The molecule has 1 aromatic heterocycles. The van der Waals surface area contributed by atoms with Crippen LogP contribution in [0, 0.1) is 17.1 Å². The fourth-order valence-electron chi connectivity index (χ4n) is 3.06. The van der Waals surface area contributed by atoms with Gasteiger partial charge in [0, 0.05) is 6.54 Å². The van der Waals surface area contributed by atoms with Crippen molar-refractivity contribution in [3.63, 3.8) is 0 Å². The molecule has 0 saturated carbocycles. The summed E-state index contributed by atoms with van der Waals surface area (Å²) >= 11 is 1.02. The van der Waals surface area contributed by atoms with Gasteiger partial charge >= 0.3 is 0 Å². The van der Waals surface area contributed by atoms with E-state index in [0.29, 0.717) is 28.1 Å². The first kappa shape index (κ1) is 23.0. The maximum absolute atomic E-state index is 13.4. The molecule has 0 aliphatic carbocycles. The number of nitriles is 1. The van der Waals surface area contributed by atoms with Crippen LogP contribution in [0.1, 0.15) is 25.3 Å². The summed E-state index contributed by atoms with van der Waals surface area (Å²) in [6.45, 7) is 2.43. The highest BCUT2D eigenvalue weighted by molar-refractivity contribution is 7.07. The van der Waals surface area contributed by atoms with E-state index in [1.54, 1.807) is 42.5 Å². The molecule has 0 aliphatic rings. The summed E-state index contributed by atoms with van der Waals surface area (Å²) in [4.78, 5) is 26.1. The number of halogens is 1. The number of hydrogen-bond acceptors (Lipinski definition) is 5. The maximum atomic E-state index is 13.4. The standard InChI is InChI=1S/C24H22FN3O3S/c1-3-4-13-27-22(29)18(15-26)24-28(19-7-5-6-8-20(19)31-2)23(30)21(32-24)14-16-9-11-17(25)12-10-16/h5-12,14H,3-4,13H2,1-2H3,(H,27,29)/b21-14-,24-18-. The minimum absolute atomic E-state index is 0.159. The van der Waals surface area contributed by atoms with Crippen LogP contribution >= 0.6 is 11.3 Å². The van der Waals surface area contributed by atoms with E-state index in [1.807, 2.05) is 13.0 Å². The van der Waals surface area contributed by atoms with Crippen LogP contribution in [0.2, 0.25) is 0 Å². The van der Waals surface area contributed by atoms with Gasteiger partial charge in [-0.05, 0) is 42.3 Å². The minimum Gasteiger partial charge on any atom is -0.495 e. The zero-order valence-electron chi connectivity index (χ0n) is 17.7. The predicted octanol–water partition coefficient (Wildman–Crippen LogP) is 2.47. The molecule has 3 rings (SSSR count). The van der Waals surface area contributed by atoms with Gasteiger partial charge in [0.1, 0.15) is 22.3 Å². The molecule has 1 heterocycles. The Hall–Kier alpha value is -3.70. The quantitative estimate of drug-likeness (QED) is 0.560. The van der Waals surface area contributed by atoms with Crippen LogP contribution in [-0.2, 0) is 4.79 Å². The lowest BCUT2D eigenvalue weighted by Crippen LogP contribution is -2.34. The summed E-state index contributed by atoms with van der Waals surface area (Å²) in [5, 5.41) is 12.5. The molecule has 0 spiro atoms. The second kappa shape index (κ2) is 10.6. The highest BCUT2D eigenvalue weighted by Crippen LogP contribution is 2.19.